The van der Waals surface area contributed by atoms with E-state index in [-0.39, 0.29) is 19.3 Å². The lowest BCUT2D eigenvalue weighted by Gasteiger charge is -2.25. The third-order valence-corrected chi connectivity index (χ3v) is 6.64. The average Bonchev–Trinajstić information content (AvgIpc) is 3.61. The molecule has 3 amide bonds. The third kappa shape index (κ3) is 9.14. The van der Waals surface area contributed by atoms with Crippen LogP contribution in [-0.2, 0) is 36.8 Å². The van der Waals surface area contributed by atoms with Crippen molar-refractivity contribution in [3.05, 3.63) is 54.2 Å². The Morgan fingerprint density at radius 2 is 1.55 bits per heavy atom. The molecule has 15 nitrogen and oxygen atoms in total. The van der Waals surface area contributed by atoms with Gasteiger partial charge in [-0.15, -0.1) is 0 Å². The summed E-state index contributed by atoms with van der Waals surface area (Å²) in [6.07, 6.45) is 4.99. The van der Waals surface area contributed by atoms with Crippen LogP contribution in [0.2, 0.25) is 0 Å². The zero-order chi connectivity index (χ0) is 30.6. The van der Waals surface area contributed by atoms with Crippen LogP contribution in [0.3, 0.4) is 0 Å². The quantitative estimate of drug-likeness (QED) is 0.0887. The lowest BCUT2D eigenvalue weighted by Crippen LogP contribution is -2.58. The number of carboxylic acids is 2. The zero-order valence-electron chi connectivity index (χ0n) is 22.8. The van der Waals surface area contributed by atoms with Gasteiger partial charge in [0.1, 0.15) is 18.1 Å². The molecular weight excluding hydrogens is 548 g/mol. The molecule has 1 aromatic carbocycles. The Bertz CT molecular complexity index is 1370. The number of imidazole rings is 1. The van der Waals surface area contributed by atoms with Crippen molar-refractivity contribution >= 4 is 40.6 Å². The number of hydrogen-bond acceptors (Lipinski definition) is 8. The van der Waals surface area contributed by atoms with Crippen LogP contribution >= 0.6 is 0 Å². The number of fused-ring (bicyclic) bond motifs is 1. The van der Waals surface area contributed by atoms with Crippen molar-refractivity contribution < 1.29 is 34.2 Å². The summed E-state index contributed by atoms with van der Waals surface area (Å²) in [5.41, 5.74) is 13.2. The number of aliphatic carboxylic acids is 2. The van der Waals surface area contributed by atoms with E-state index in [2.05, 4.69) is 30.9 Å². The number of carbonyl (C=O) groups excluding carboxylic acids is 3. The molecule has 4 atom stereocenters. The number of nitrogens with two attached hydrogens (primary N) is 2. The van der Waals surface area contributed by atoms with Crippen molar-refractivity contribution in [1.82, 2.24) is 30.9 Å². The molecule has 0 spiro atoms. The number of carbonyl (C=O) groups is 5. The molecule has 0 saturated heterocycles. The van der Waals surface area contributed by atoms with E-state index >= 15 is 0 Å². The number of carboxylic acid groups (broad SMARTS) is 2. The summed E-state index contributed by atoms with van der Waals surface area (Å²) in [6, 6.07) is 2.22. The Morgan fingerprint density at radius 3 is 2.19 bits per heavy atom. The Kier molecular flexibility index (Phi) is 11.6. The molecule has 0 bridgehead atoms. The molecule has 3 rings (SSSR count). The molecule has 0 saturated carbocycles. The van der Waals surface area contributed by atoms with E-state index in [1.165, 1.54) is 12.5 Å². The highest BCUT2D eigenvalue weighted by Gasteiger charge is 2.31. The maximum atomic E-state index is 13.6. The molecule has 11 N–H and O–H groups in total. The fourth-order valence-corrected chi connectivity index (χ4v) is 4.41. The van der Waals surface area contributed by atoms with Gasteiger partial charge in [-0.1, -0.05) is 18.2 Å². The van der Waals surface area contributed by atoms with Gasteiger partial charge in [-0.2, -0.15) is 0 Å². The monoisotopic (exact) mass is 584 g/mol. The lowest BCUT2D eigenvalue weighted by molar-refractivity contribution is -0.142. The highest BCUT2D eigenvalue weighted by atomic mass is 16.4. The minimum absolute atomic E-state index is 0.0000220. The lowest BCUT2D eigenvalue weighted by atomic mass is 10.0. The number of amides is 3. The summed E-state index contributed by atoms with van der Waals surface area (Å²) in [5, 5.41) is 27.1. The van der Waals surface area contributed by atoms with Gasteiger partial charge in [-0.05, 0) is 37.4 Å². The Hall–Kier alpha value is -4.76. The van der Waals surface area contributed by atoms with E-state index in [1.807, 2.05) is 24.3 Å². The first-order valence-electron chi connectivity index (χ1n) is 13.4. The molecule has 3 aromatic rings. The molecule has 42 heavy (non-hydrogen) atoms. The number of aromatic amines is 2. The number of nitrogens with zero attached hydrogens (tertiary/aromatic N) is 1. The van der Waals surface area contributed by atoms with E-state index in [4.69, 9.17) is 16.6 Å². The largest absolute Gasteiger partial charge is 0.481 e. The van der Waals surface area contributed by atoms with Gasteiger partial charge in [0.2, 0.25) is 17.7 Å². The number of rotatable bonds is 17. The summed E-state index contributed by atoms with van der Waals surface area (Å²) in [4.78, 5) is 72.4. The van der Waals surface area contributed by atoms with Crippen LogP contribution in [0.5, 0.6) is 0 Å². The second-order valence-electron chi connectivity index (χ2n) is 9.86. The maximum absolute atomic E-state index is 13.6. The molecular formula is C27H36N8O7. The van der Waals surface area contributed by atoms with E-state index in [0.717, 1.165) is 10.9 Å². The molecule has 2 aromatic heterocycles. The second-order valence-corrected chi connectivity index (χ2v) is 9.86. The predicted octanol–water partition coefficient (Wildman–Crippen LogP) is -0.854. The van der Waals surface area contributed by atoms with E-state index in [0.29, 0.717) is 30.6 Å². The van der Waals surface area contributed by atoms with Gasteiger partial charge in [-0.25, -0.2) is 9.78 Å². The number of para-hydroxylation sites is 1. The third-order valence-electron chi connectivity index (χ3n) is 6.64. The first kappa shape index (κ1) is 31.8. The van der Waals surface area contributed by atoms with Crippen LogP contribution in [0.4, 0.5) is 0 Å². The van der Waals surface area contributed by atoms with Gasteiger partial charge < -0.3 is 47.6 Å². The van der Waals surface area contributed by atoms with Gasteiger partial charge in [-0.3, -0.25) is 19.2 Å². The number of nitrogens with one attached hydrogen (secondary N) is 5. The van der Waals surface area contributed by atoms with Crippen LogP contribution in [0, 0.1) is 0 Å². The van der Waals surface area contributed by atoms with E-state index in [9.17, 15) is 29.1 Å². The summed E-state index contributed by atoms with van der Waals surface area (Å²) in [5.74, 6) is -4.89. The highest BCUT2D eigenvalue weighted by molar-refractivity contribution is 5.95. The minimum Gasteiger partial charge on any atom is -0.481 e. The predicted molar refractivity (Wildman–Crippen MR) is 151 cm³/mol. The Balaban J connectivity index is 1.86. The Labute approximate surface area is 240 Å². The average molecular weight is 585 g/mol. The number of benzene rings is 1. The SMILES string of the molecule is NCCCCC(NC(=O)C(Cc1c[nH]c2ccccc12)NC(=O)C(Cc1cnc[nH]1)NC(=O)C(N)CC(=O)O)C(=O)O. The molecule has 2 heterocycles. The van der Waals surface area contributed by atoms with Crippen molar-refractivity contribution in [3.8, 4) is 0 Å². The van der Waals surface area contributed by atoms with Gasteiger partial charge >= 0.3 is 11.9 Å². The standard InChI is InChI=1S/C27H36N8O7/c28-8-4-3-7-20(27(41)42)33-25(39)21(9-15-12-31-19-6-2-1-5-17(15)19)35-26(40)22(10-16-13-30-14-32-16)34-24(38)18(29)11-23(36)37/h1-2,5-6,12-14,18,20-22,31H,3-4,7-11,28-29H2,(H,30,32)(H,33,39)(H,34,38)(H,35,40)(H,36,37)(H,41,42). The maximum Gasteiger partial charge on any atom is 0.326 e. The van der Waals surface area contributed by atoms with Crippen molar-refractivity contribution in [2.24, 2.45) is 11.5 Å². The van der Waals surface area contributed by atoms with Crippen molar-refractivity contribution in [2.45, 2.75) is 62.7 Å². The van der Waals surface area contributed by atoms with Crippen molar-refractivity contribution in [1.29, 1.82) is 0 Å². The number of unbranched alkanes of at least 4 members (excludes halogenated alkanes) is 1. The molecule has 0 aliphatic heterocycles. The molecule has 0 aliphatic rings. The molecule has 0 fully saturated rings. The Morgan fingerprint density at radius 1 is 0.881 bits per heavy atom. The molecule has 226 valence electrons. The first-order valence-corrected chi connectivity index (χ1v) is 13.4. The van der Waals surface area contributed by atoms with Gasteiger partial charge in [0, 0.05) is 41.8 Å². The fourth-order valence-electron chi connectivity index (χ4n) is 4.41. The van der Waals surface area contributed by atoms with E-state index < -0.39 is 60.2 Å². The fraction of sp³-hybridized carbons (Fsp3) is 0.407. The van der Waals surface area contributed by atoms with E-state index in [1.54, 1.807) is 6.20 Å². The molecule has 0 radical (unpaired) electrons. The minimum atomic E-state index is -1.42. The highest BCUT2D eigenvalue weighted by Crippen LogP contribution is 2.19. The second kappa shape index (κ2) is 15.3. The summed E-state index contributed by atoms with van der Waals surface area (Å²) in [6.45, 7) is 0.374. The van der Waals surface area contributed by atoms with Crippen molar-refractivity contribution in [3.63, 3.8) is 0 Å². The molecule has 4 unspecified atom stereocenters. The zero-order valence-corrected chi connectivity index (χ0v) is 22.8. The number of hydrogen-bond donors (Lipinski definition) is 9. The van der Waals surface area contributed by atoms with Crippen molar-refractivity contribution in [2.75, 3.05) is 6.54 Å². The van der Waals surface area contributed by atoms with Crippen LogP contribution < -0.4 is 27.4 Å². The van der Waals surface area contributed by atoms with Gasteiger partial charge in [0.05, 0.1) is 18.8 Å². The van der Waals surface area contributed by atoms with Crippen LogP contribution in [0.15, 0.2) is 43.0 Å². The normalized spacial score (nSPS) is 14.0. The smallest absolute Gasteiger partial charge is 0.326 e. The molecule has 0 aliphatic carbocycles. The van der Waals surface area contributed by atoms with Gasteiger partial charge in [0.25, 0.3) is 0 Å². The number of H-pyrrole nitrogens is 2. The van der Waals surface area contributed by atoms with Crippen LogP contribution in [-0.4, -0.2) is 85.5 Å². The van der Waals surface area contributed by atoms with Crippen LogP contribution in [0.1, 0.15) is 36.9 Å². The van der Waals surface area contributed by atoms with Crippen LogP contribution in [0.25, 0.3) is 10.9 Å². The summed E-state index contributed by atoms with van der Waals surface area (Å²) < 4.78 is 0. The summed E-state index contributed by atoms with van der Waals surface area (Å²) in [7, 11) is 0. The number of aromatic nitrogens is 3. The molecule has 15 heteroatoms. The topological polar surface area (TPSA) is 258 Å². The van der Waals surface area contributed by atoms with Gasteiger partial charge in [0.15, 0.2) is 0 Å². The first-order chi connectivity index (χ1) is 20.1. The summed E-state index contributed by atoms with van der Waals surface area (Å²) >= 11 is 0.